The van der Waals surface area contributed by atoms with Gasteiger partial charge in [0.15, 0.2) is 0 Å². The lowest BCUT2D eigenvalue weighted by Crippen LogP contribution is -2.36. The van der Waals surface area contributed by atoms with Gasteiger partial charge >= 0.3 is 0 Å². The van der Waals surface area contributed by atoms with Gasteiger partial charge in [-0.1, -0.05) is 25.0 Å². The van der Waals surface area contributed by atoms with Crippen LogP contribution in [0.5, 0.6) is 0 Å². The highest BCUT2D eigenvalue weighted by atomic mass is 16.1. The average Bonchev–Trinajstić information content (AvgIpc) is 2.46. The lowest BCUT2D eigenvalue weighted by Gasteiger charge is -2.40. The van der Waals surface area contributed by atoms with Gasteiger partial charge in [-0.05, 0) is 45.4 Å². The molecule has 0 aliphatic heterocycles. The molecule has 0 aromatic heterocycles. The van der Waals surface area contributed by atoms with Crippen LogP contribution in [0.2, 0.25) is 0 Å². The molecule has 15 heavy (non-hydrogen) atoms. The highest BCUT2D eigenvalue weighted by molar-refractivity contribution is 5.80. The SMILES string of the molecule is CC(=O)[C@@H]1CC[C@@]2(C)CC(C)=C(C)[C@@]12C. The van der Waals surface area contributed by atoms with Crippen LogP contribution in [0, 0.1) is 16.7 Å². The molecule has 0 heterocycles. The zero-order valence-electron chi connectivity index (χ0n) is 10.6. The van der Waals surface area contributed by atoms with E-state index in [1.165, 1.54) is 24.0 Å². The first kappa shape index (κ1) is 10.9. The van der Waals surface area contributed by atoms with E-state index in [4.69, 9.17) is 0 Å². The maximum atomic E-state index is 11.8. The van der Waals surface area contributed by atoms with Gasteiger partial charge in [0.1, 0.15) is 5.78 Å². The molecule has 1 nitrogen and oxygen atoms in total. The first-order valence-electron chi connectivity index (χ1n) is 6.00. The smallest absolute Gasteiger partial charge is 0.133 e. The molecule has 0 aromatic carbocycles. The molecule has 1 saturated carbocycles. The van der Waals surface area contributed by atoms with Gasteiger partial charge in [-0.3, -0.25) is 4.79 Å². The van der Waals surface area contributed by atoms with Gasteiger partial charge in [0, 0.05) is 11.3 Å². The largest absolute Gasteiger partial charge is 0.300 e. The van der Waals surface area contributed by atoms with Crippen molar-refractivity contribution in [2.75, 3.05) is 0 Å². The Kier molecular flexibility index (Phi) is 2.15. The molecule has 0 unspecified atom stereocenters. The third kappa shape index (κ3) is 1.12. The number of rotatable bonds is 1. The molecule has 0 aromatic rings. The van der Waals surface area contributed by atoms with Gasteiger partial charge in [-0.25, -0.2) is 0 Å². The van der Waals surface area contributed by atoms with Gasteiger partial charge in [0.2, 0.25) is 0 Å². The fourth-order valence-corrected chi connectivity index (χ4v) is 4.19. The van der Waals surface area contributed by atoms with E-state index in [0.717, 1.165) is 6.42 Å². The summed E-state index contributed by atoms with van der Waals surface area (Å²) in [6.45, 7) is 10.9. The molecule has 2 aliphatic carbocycles. The van der Waals surface area contributed by atoms with Crippen LogP contribution >= 0.6 is 0 Å². The second-order valence-electron chi connectivity index (χ2n) is 6.05. The zero-order chi connectivity index (χ0) is 11.4. The summed E-state index contributed by atoms with van der Waals surface area (Å²) in [5, 5.41) is 0. The van der Waals surface area contributed by atoms with Crippen LogP contribution in [0.15, 0.2) is 11.1 Å². The molecule has 0 bridgehead atoms. The number of carbonyl (C=O) groups is 1. The van der Waals surface area contributed by atoms with Crippen LogP contribution in [0.25, 0.3) is 0 Å². The standard InChI is InChI=1S/C14H22O/c1-9-8-13(4)7-6-12(11(3)15)14(13,5)10(9)2/h12H,6-8H2,1-5H3/t12-,13-,14-/m0/s1. The maximum absolute atomic E-state index is 11.8. The predicted octanol–water partition coefficient (Wildman–Crippen LogP) is 3.74. The first-order chi connectivity index (χ1) is 6.83. The normalized spacial score (nSPS) is 44.7. The quantitative estimate of drug-likeness (QED) is 0.597. The number of hydrogen-bond donors (Lipinski definition) is 0. The Bertz CT molecular complexity index is 352. The van der Waals surface area contributed by atoms with Crippen molar-refractivity contribution in [3.8, 4) is 0 Å². The van der Waals surface area contributed by atoms with E-state index in [0.29, 0.717) is 11.2 Å². The fraction of sp³-hybridized carbons (Fsp3) is 0.786. The van der Waals surface area contributed by atoms with Gasteiger partial charge in [-0.15, -0.1) is 0 Å². The average molecular weight is 206 g/mol. The predicted molar refractivity (Wildman–Crippen MR) is 62.6 cm³/mol. The van der Waals surface area contributed by atoms with Gasteiger partial charge in [0.25, 0.3) is 0 Å². The Labute approximate surface area is 92.9 Å². The second-order valence-corrected chi connectivity index (χ2v) is 6.05. The molecule has 0 saturated heterocycles. The molecule has 1 heteroatoms. The monoisotopic (exact) mass is 206 g/mol. The number of fused-ring (bicyclic) bond motifs is 1. The highest BCUT2D eigenvalue weighted by Crippen LogP contribution is 2.66. The van der Waals surface area contributed by atoms with E-state index >= 15 is 0 Å². The molecule has 1 fully saturated rings. The van der Waals surface area contributed by atoms with Crippen molar-refractivity contribution in [2.24, 2.45) is 16.7 Å². The topological polar surface area (TPSA) is 17.1 Å². The second kappa shape index (κ2) is 2.96. The third-order valence-corrected chi connectivity index (χ3v) is 5.50. The van der Waals surface area contributed by atoms with Crippen molar-refractivity contribution in [1.29, 1.82) is 0 Å². The van der Waals surface area contributed by atoms with Gasteiger partial charge < -0.3 is 0 Å². The summed E-state index contributed by atoms with van der Waals surface area (Å²) in [6, 6.07) is 0. The fourth-order valence-electron chi connectivity index (χ4n) is 4.19. The lowest BCUT2D eigenvalue weighted by molar-refractivity contribution is -0.123. The Hall–Kier alpha value is -0.590. The first-order valence-corrected chi connectivity index (χ1v) is 6.00. The molecule has 2 rings (SSSR count). The highest BCUT2D eigenvalue weighted by Gasteiger charge is 2.59. The summed E-state index contributed by atoms with van der Waals surface area (Å²) >= 11 is 0. The van der Waals surface area contributed by atoms with E-state index < -0.39 is 0 Å². The van der Waals surface area contributed by atoms with E-state index in [-0.39, 0.29) is 11.3 Å². The number of hydrogen-bond acceptors (Lipinski definition) is 1. The molecule has 0 N–H and O–H groups in total. The maximum Gasteiger partial charge on any atom is 0.133 e. The minimum Gasteiger partial charge on any atom is -0.300 e. The molecular formula is C14H22O. The van der Waals surface area contributed by atoms with Gasteiger partial charge in [0.05, 0.1) is 0 Å². The van der Waals surface area contributed by atoms with Crippen LogP contribution in [0.3, 0.4) is 0 Å². The number of ketones is 1. The van der Waals surface area contributed by atoms with Crippen molar-refractivity contribution >= 4 is 5.78 Å². The van der Waals surface area contributed by atoms with E-state index in [2.05, 4.69) is 27.7 Å². The van der Waals surface area contributed by atoms with Crippen molar-refractivity contribution < 1.29 is 4.79 Å². The Morgan fingerprint density at radius 2 is 1.93 bits per heavy atom. The summed E-state index contributed by atoms with van der Waals surface area (Å²) in [5.74, 6) is 0.648. The lowest BCUT2D eigenvalue weighted by atomic mass is 9.63. The number of Topliss-reactive ketones (excluding diaryl/α,β-unsaturated/α-hetero) is 1. The van der Waals surface area contributed by atoms with E-state index in [1.54, 1.807) is 6.92 Å². The third-order valence-electron chi connectivity index (χ3n) is 5.50. The molecular weight excluding hydrogens is 184 g/mol. The van der Waals surface area contributed by atoms with Crippen molar-refractivity contribution in [3.63, 3.8) is 0 Å². The Morgan fingerprint density at radius 3 is 2.47 bits per heavy atom. The van der Waals surface area contributed by atoms with Crippen LogP contribution in [-0.2, 0) is 4.79 Å². The van der Waals surface area contributed by atoms with E-state index in [9.17, 15) is 4.79 Å². The summed E-state index contributed by atoms with van der Waals surface area (Å²) in [6.07, 6.45) is 3.49. The Morgan fingerprint density at radius 1 is 1.33 bits per heavy atom. The van der Waals surface area contributed by atoms with Crippen LogP contribution in [-0.4, -0.2) is 5.78 Å². The molecule has 2 aliphatic rings. The number of carbonyl (C=O) groups excluding carboxylic acids is 1. The minimum atomic E-state index is 0.142. The molecule has 84 valence electrons. The summed E-state index contributed by atoms with van der Waals surface area (Å²) in [7, 11) is 0. The van der Waals surface area contributed by atoms with Crippen LogP contribution < -0.4 is 0 Å². The van der Waals surface area contributed by atoms with Crippen molar-refractivity contribution in [1.82, 2.24) is 0 Å². The summed E-state index contributed by atoms with van der Waals surface area (Å²) in [5.41, 5.74) is 3.49. The molecule has 0 amide bonds. The van der Waals surface area contributed by atoms with Crippen LogP contribution in [0.1, 0.15) is 53.9 Å². The Balaban J connectivity index is 2.51. The molecule has 3 atom stereocenters. The summed E-state index contributed by atoms with van der Waals surface area (Å²) in [4.78, 5) is 11.8. The van der Waals surface area contributed by atoms with Gasteiger partial charge in [-0.2, -0.15) is 0 Å². The van der Waals surface area contributed by atoms with Crippen molar-refractivity contribution in [3.05, 3.63) is 11.1 Å². The van der Waals surface area contributed by atoms with Crippen molar-refractivity contribution in [2.45, 2.75) is 53.9 Å². The molecule has 0 spiro atoms. The molecule has 0 radical (unpaired) electrons. The summed E-state index contributed by atoms with van der Waals surface area (Å²) < 4.78 is 0. The number of allylic oxidation sites excluding steroid dienone is 2. The van der Waals surface area contributed by atoms with Crippen LogP contribution in [0.4, 0.5) is 0 Å². The van der Waals surface area contributed by atoms with E-state index in [1.807, 2.05) is 0 Å². The zero-order valence-corrected chi connectivity index (χ0v) is 10.6. The minimum absolute atomic E-state index is 0.142.